The lowest BCUT2D eigenvalue weighted by Gasteiger charge is -2.34. The zero-order valence-corrected chi connectivity index (χ0v) is 13.4. The van der Waals surface area contributed by atoms with E-state index in [4.69, 9.17) is 4.98 Å². The molecule has 5 heteroatoms. The lowest BCUT2D eigenvalue weighted by atomic mass is 9.86. The monoisotopic (exact) mass is 292 g/mol. The highest BCUT2D eigenvalue weighted by Gasteiger charge is 2.26. The van der Waals surface area contributed by atoms with Crippen LogP contribution in [-0.4, -0.2) is 29.5 Å². The Balaban J connectivity index is 1.91. The first kappa shape index (κ1) is 13.9. The third-order valence-electron chi connectivity index (χ3n) is 4.47. The maximum Gasteiger partial charge on any atom is 0.195 e. The van der Waals surface area contributed by atoms with E-state index in [0.29, 0.717) is 6.04 Å². The number of nitrogens with zero attached hydrogens (tertiary/aromatic N) is 3. The third-order valence-corrected chi connectivity index (χ3v) is 5.23. The van der Waals surface area contributed by atoms with E-state index >= 15 is 0 Å². The lowest BCUT2D eigenvalue weighted by molar-refractivity contribution is 0.335. The molecular formula is C15H24N4S. The van der Waals surface area contributed by atoms with E-state index in [9.17, 15) is 0 Å². The van der Waals surface area contributed by atoms with Crippen LogP contribution in [0.5, 0.6) is 0 Å². The fourth-order valence-corrected chi connectivity index (χ4v) is 4.09. The van der Waals surface area contributed by atoms with Gasteiger partial charge in [-0.05, 0) is 25.8 Å². The van der Waals surface area contributed by atoms with Crippen LogP contribution in [-0.2, 0) is 6.54 Å². The van der Waals surface area contributed by atoms with Crippen molar-refractivity contribution in [1.29, 1.82) is 0 Å². The molecule has 0 aromatic carbocycles. The van der Waals surface area contributed by atoms with Gasteiger partial charge in [0.25, 0.3) is 0 Å². The predicted molar refractivity (Wildman–Crippen MR) is 85.7 cm³/mol. The van der Waals surface area contributed by atoms with Crippen molar-refractivity contribution >= 4 is 22.1 Å². The second-order valence-electron chi connectivity index (χ2n) is 6.00. The molecule has 1 fully saturated rings. The largest absolute Gasteiger partial charge is 0.355 e. The first-order chi connectivity index (χ1) is 9.70. The van der Waals surface area contributed by atoms with Crippen LogP contribution in [0.15, 0.2) is 11.6 Å². The van der Waals surface area contributed by atoms with Crippen LogP contribution >= 0.6 is 11.3 Å². The van der Waals surface area contributed by atoms with Gasteiger partial charge in [-0.3, -0.25) is 4.40 Å². The van der Waals surface area contributed by atoms with Crippen LogP contribution in [0.4, 0.5) is 5.82 Å². The molecule has 110 valence electrons. The third kappa shape index (κ3) is 2.44. The van der Waals surface area contributed by atoms with E-state index in [1.165, 1.54) is 31.4 Å². The van der Waals surface area contributed by atoms with Gasteiger partial charge in [-0.2, -0.15) is 0 Å². The van der Waals surface area contributed by atoms with Gasteiger partial charge in [0.1, 0.15) is 0 Å². The van der Waals surface area contributed by atoms with E-state index in [0.717, 1.165) is 23.2 Å². The first-order valence-electron chi connectivity index (χ1n) is 7.52. The first-order valence-corrected chi connectivity index (χ1v) is 8.40. The lowest BCUT2D eigenvalue weighted by Crippen LogP contribution is -2.36. The summed E-state index contributed by atoms with van der Waals surface area (Å²) in [5, 5.41) is 5.38. The molecule has 0 amide bonds. The Morgan fingerprint density at radius 3 is 3.10 bits per heavy atom. The van der Waals surface area contributed by atoms with Gasteiger partial charge >= 0.3 is 0 Å². The summed E-state index contributed by atoms with van der Waals surface area (Å²) in [4.78, 5) is 8.38. The van der Waals surface area contributed by atoms with Crippen LogP contribution in [0.25, 0.3) is 4.96 Å². The van der Waals surface area contributed by atoms with Crippen molar-refractivity contribution in [3.05, 3.63) is 17.3 Å². The van der Waals surface area contributed by atoms with Crippen LogP contribution < -0.4 is 10.2 Å². The summed E-state index contributed by atoms with van der Waals surface area (Å²) in [6.07, 6.45) is 7.44. The molecule has 0 aliphatic heterocycles. The molecule has 0 saturated heterocycles. The highest BCUT2D eigenvalue weighted by atomic mass is 32.1. The number of fused-ring (bicyclic) bond motifs is 1. The number of hydrogen-bond donors (Lipinski definition) is 1. The minimum atomic E-state index is 0.638. The maximum absolute atomic E-state index is 4.86. The second-order valence-corrected chi connectivity index (χ2v) is 6.88. The average Bonchev–Trinajstić information content (AvgIpc) is 3.01. The van der Waals surface area contributed by atoms with Crippen LogP contribution in [0, 0.1) is 5.92 Å². The van der Waals surface area contributed by atoms with Crippen molar-refractivity contribution in [2.24, 2.45) is 5.92 Å². The molecule has 2 aromatic heterocycles. The van der Waals surface area contributed by atoms with Gasteiger partial charge in [-0.1, -0.05) is 19.8 Å². The fourth-order valence-electron chi connectivity index (χ4n) is 3.36. The molecule has 20 heavy (non-hydrogen) atoms. The molecule has 1 N–H and O–H groups in total. The number of nitrogens with one attached hydrogen (secondary N) is 1. The summed E-state index contributed by atoms with van der Waals surface area (Å²) in [7, 11) is 4.21. The van der Waals surface area contributed by atoms with Crippen LogP contribution in [0.1, 0.15) is 38.3 Å². The SMILES string of the molecule is CNCc1c(N(C)C2CCCC(C)C2)nc2sccn12. The normalized spacial score (nSPS) is 23.4. The average molecular weight is 292 g/mol. The summed E-state index contributed by atoms with van der Waals surface area (Å²) in [6.45, 7) is 3.24. The Morgan fingerprint density at radius 2 is 2.35 bits per heavy atom. The molecule has 0 radical (unpaired) electrons. The molecular weight excluding hydrogens is 268 g/mol. The van der Waals surface area contributed by atoms with Gasteiger partial charge < -0.3 is 10.2 Å². The zero-order chi connectivity index (χ0) is 14.1. The van der Waals surface area contributed by atoms with Crippen LogP contribution in [0.2, 0.25) is 0 Å². The summed E-state index contributed by atoms with van der Waals surface area (Å²) >= 11 is 1.71. The molecule has 2 aromatic rings. The van der Waals surface area contributed by atoms with E-state index < -0.39 is 0 Å². The number of imidazole rings is 1. The quantitative estimate of drug-likeness (QED) is 0.939. The van der Waals surface area contributed by atoms with Gasteiger partial charge in [-0.25, -0.2) is 4.98 Å². The topological polar surface area (TPSA) is 32.6 Å². The van der Waals surface area contributed by atoms with Crippen molar-refractivity contribution in [3.8, 4) is 0 Å². The van der Waals surface area contributed by atoms with Gasteiger partial charge in [0, 0.05) is 31.2 Å². The molecule has 2 heterocycles. The second kappa shape index (κ2) is 5.74. The van der Waals surface area contributed by atoms with Crippen LogP contribution in [0.3, 0.4) is 0 Å². The molecule has 3 rings (SSSR count). The zero-order valence-electron chi connectivity index (χ0n) is 12.6. The molecule has 1 aliphatic rings. The number of rotatable bonds is 4. The maximum atomic E-state index is 4.86. The molecule has 1 saturated carbocycles. The van der Waals surface area contributed by atoms with E-state index in [-0.39, 0.29) is 0 Å². The van der Waals surface area contributed by atoms with Gasteiger partial charge in [-0.15, -0.1) is 11.3 Å². The van der Waals surface area contributed by atoms with E-state index in [1.54, 1.807) is 11.3 Å². The van der Waals surface area contributed by atoms with Gasteiger partial charge in [0.15, 0.2) is 10.8 Å². The van der Waals surface area contributed by atoms with Crippen molar-refractivity contribution in [3.63, 3.8) is 0 Å². The van der Waals surface area contributed by atoms with Crippen molar-refractivity contribution in [2.75, 3.05) is 19.0 Å². The highest BCUT2D eigenvalue weighted by molar-refractivity contribution is 7.15. The predicted octanol–water partition coefficient (Wildman–Crippen LogP) is 3.13. The van der Waals surface area contributed by atoms with Crippen molar-refractivity contribution in [1.82, 2.24) is 14.7 Å². The standard InChI is InChI=1S/C15H24N4S/c1-11-5-4-6-12(9-11)18(3)14-13(10-16-2)19-7-8-20-15(19)17-14/h7-8,11-12,16H,4-6,9-10H2,1-3H3. The smallest absolute Gasteiger partial charge is 0.195 e. The molecule has 0 spiro atoms. The minimum absolute atomic E-state index is 0.638. The number of thiazole rings is 1. The fraction of sp³-hybridized carbons (Fsp3) is 0.667. The number of aromatic nitrogens is 2. The van der Waals surface area contributed by atoms with Gasteiger partial charge in [0.2, 0.25) is 0 Å². The Kier molecular flexibility index (Phi) is 3.98. The Morgan fingerprint density at radius 1 is 1.50 bits per heavy atom. The Labute approximate surface area is 124 Å². The summed E-state index contributed by atoms with van der Waals surface area (Å²) in [6, 6.07) is 0.638. The molecule has 1 aliphatic carbocycles. The minimum Gasteiger partial charge on any atom is -0.355 e. The van der Waals surface area contributed by atoms with Gasteiger partial charge in [0.05, 0.1) is 5.69 Å². The highest BCUT2D eigenvalue weighted by Crippen LogP contribution is 2.32. The molecule has 2 unspecified atom stereocenters. The van der Waals surface area contributed by atoms with Crippen molar-refractivity contribution < 1.29 is 0 Å². The Bertz CT molecular complexity index is 573. The summed E-state index contributed by atoms with van der Waals surface area (Å²) in [5.41, 5.74) is 1.28. The van der Waals surface area contributed by atoms with E-state index in [1.807, 2.05) is 7.05 Å². The molecule has 0 bridgehead atoms. The molecule has 2 atom stereocenters. The van der Waals surface area contributed by atoms with E-state index in [2.05, 4.69) is 40.2 Å². The van der Waals surface area contributed by atoms with Crippen molar-refractivity contribution in [2.45, 2.75) is 45.2 Å². The summed E-state index contributed by atoms with van der Waals surface area (Å²) in [5.74, 6) is 2.00. The Hall–Kier alpha value is -1.07. The summed E-state index contributed by atoms with van der Waals surface area (Å²) < 4.78 is 2.22. The molecule has 4 nitrogen and oxygen atoms in total. The number of anilines is 1. The number of hydrogen-bond acceptors (Lipinski definition) is 4.